The van der Waals surface area contributed by atoms with Gasteiger partial charge in [0.15, 0.2) is 17.0 Å². The number of para-hydroxylation sites is 1. The number of piperazine rings is 1. The molecule has 1 saturated heterocycles. The van der Waals surface area contributed by atoms with Crippen molar-refractivity contribution in [3.8, 4) is 11.3 Å². The molecule has 0 atom stereocenters. The molecular formula is C29H37N9O2S. The number of anilines is 3. The van der Waals surface area contributed by atoms with Crippen molar-refractivity contribution in [3.63, 3.8) is 0 Å². The number of aromatic nitrogens is 5. The van der Waals surface area contributed by atoms with Crippen molar-refractivity contribution in [2.75, 3.05) is 53.9 Å². The summed E-state index contributed by atoms with van der Waals surface area (Å²) >= 11 is 0. The fraction of sp³-hybridized carbons (Fsp3) is 0.448. The van der Waals surface area contributed by atoms with Gasteiger partial charge in [-0.15, -0.1) is 0 Å². The van der Waals surface area contributed by atoms with Crippen LogP contribution in [0, 0.1) is 0 Å². The number of imidazole rings is 1. The van der Waals surface area contributed by atoms with Crippen LogP contribution in [0.5, 0.6) is 0 Å². The first-order valence-electron chi connectivity index (χ1n) is 14.4. The molecule has 2 N–H and O–H groups in total. The highest BCUT2D eigenvalue weighted by molar-refractivity contribution is 7.92. The zero-order chi connectivity index (χ0) is 28.4. The monoisotopic (exact) mass is 575 g/mol. The Morgan fingerprint density at radius 2 is 1.76 bits per heavy atom. The molecule has 1 saturated carbocycles. The first-order valence-corrected chi connectivity index (χ1v) is 16.2. The molecule has 12 heteroatoms. The van der Waals surface area contributed by atoms with E-state index in [4.69, 9.17) is 15.0 Å². The highest BCUT2D eigenvalue weighted by Crippen LogP contribution is 2.34. The Morgan fingerprint density at radius 1 is 0.976 bits per heavy atom. The minimum Gasteiger partial charge on any atom is -0.364 e. The molecule has 6 rings (SSSR count). The lowest BCUT2D eigenvalue weighted by atomic mass is 10.1. The van der Waals surface area contributed by atoms with E-state index in [0.29, 0.717) is 24.0 Å². The number of sulfonamides is 1. The van der Waals surface area contributed by atoms with Crippen LogP contribution in [0.1, 0.15) is 44.2 Å². The minimum atomic E-state index is -3.41. The average molecular weight is 576 g/mol. The molecule has 41 heavy (non-hydrogen) atoms. The third kappa shape index (κ3) is 6.13. The smallest absolute Gasteiger partial charge is 0.229 e. The van der Waals surface area contributed by atoms with Crippen LogP contribution in [-0.4, -0.2) is 76.8 Å². The second-order valence-electron chi connectivity index (χ2n) is 10.9. The van der Waals surface area contributed by atoms with Crippen LogP contribution in [0.4, 0.5) is 17.5 Å². The number of rotatable bonds is 9. The van der Waals surface area contributed by atoms with Crippen LogP contribution in [0.2, 0.25) is 0 Å². The van der Waals surface area contributed by atoms with E-state index in [1.165, 1.54) is 12.8 Å². The van der Waals surface area contributed by atoms with E-state index in [-0.39, 0.29) is 0 Å². The molecule has 3 aromatic heterocycles. The van der Waals surface area contributed by atoms with Crippen LogP contribution in [0.3, 0.4) is 0 Å². The van der Waals surface area contributed by atoms with E-state index in [2.05, 4.69) is 36.3 Å². The fourth-order valence-electron chi connectivity index (χ4n) is 5.75. The molecule has 2 fully saturated rings. The predicted octanol–water partition coefficient (Wildman–Crippen LogP) is 4.13. The number of nitrogens with one attached hydrogen (secondary N) is 2. The molecule has 0 unspecified atom stereocenters. The third-order valence-corrected chi connectivity index (χ3v) is 8.60. The first-order chi connectivity index (χ1) is 19.9. The summed E-state index contributed by atoms with van der Waals surface area (Å²) in [6.45, 7) is 7.58. The fourth-order valence-corrected chi connectivity index (χ4v) is 6.33. The number of hydrogen-bond acceptors (Lipinski definition) is 9. The van der Waals surface area contributed by atoms with Gasteiger partial charge in [0, 0.05) is 50.5 Å². The van der Waals surface area contributed by atoms with Crippen LogP contribution in [0.25, 0.3) is 22.4 Å². The summed E-state index contributed by atoms with van der Waals surface area (Å²) in [6.07, 6.45) is 9.67. The second kappa shape index (κ2) is 11.6. The number of likely N-dealkylation sites (N-methyl/N-ethyl adjacent to an activating group) is 1. The van der Waals surface area contributed by atoms with Crippen molar-refractivity contribution in [2.24, 2.45) is 0 Å². The number of hydrogen-bond donors (Lipinski definition) is 2. The quantitative estimate of drug-likeness (QED) is 0.303. The highest BCUT2D eigenvalue weighted by Gasteiger charge is 2.24. The molecule has 216 valence electrons. The molecule has 1 aliphatic carbocycles. The van der Waals surface area contributed by atoms with E-state index < -0.39 is 10.0 Å². The zero-order valence-electron chi connectivity index (χ0n) is 23.6. The van der Waals surface area contributed by atoms with Gasteiger partial charge in [-0.05, 0) is 37.1 Å². The molecule has 0 amide bonds. The lowest BCUT2D eigenvalue weighted by molar-refractivity contribution is 0.270. The molecule has 0 spiro atoms. The van der Waals surface area contributed by atoms with Gasteiger partial charge in [0.2, 0.25) is 16.0 Å². The van der Waals surface area contributed by atoms with Crippen LogP contribution < -0.4 is 14.9 Å². The van der Waals surface area contributed by atoms with Gasteiger partial charge in [0.25, 0.3) is 0 Å². The van der Waals surface area contributed by atoms with Gasteiger partial charge >= 0.3 is 0 Å². The van der Waals surface area contributed by atoms with Gasteiger partial charge in [-0.3, -0.25) is 9.71 Å². The maximum atomic E-state index is 11.8. The Hall–Kier alpha value is -3.77. The molecule has 4 heterocycles. The molecule has 2 aliphatic rings. The van der Waals surface area contributed by atoms with E-state index in [1.54, 1.807) is 18.3 Å². The molecule has 1 aromatic carbocycles. The highest BCUT2D eigenvalue weighted by atomic mass is 32.2. The van der Waals surface area contributed by atoms with E-state index in [9.17, 15) is 8.42 Å². The Morgan fingerprint density at radius 3 is 2.46 bits per heavy atom. The van der Waals surface area contributed by atoms with Gasteiger partial charge < -0.3 is 19.7 Å². The molecule has 0 bridgehead atoms. The van der Waals surface area contributed by atoms with Crippen molar-refractivity contribution in [3.05, 3.63) is 54.5 Å². The SMILES string of the molecule is CCN1CCN(c2nc(NCc3ccc(-c4ccccc4NS(C)(=O)=O)nc3)c3ncn(C4CCCC4)c3n2)CC1. The molecule has 1 aliphatic heterocycles. The summed E-state index contributed by atoms with van der Waals surface area (Å²) in [5.41, 5.74) is 4.57. The predicted molar refractivity (Wildman–Crippen MR) is 163 cm³/mol. The molecule has 11 nitrogen and oxygen atoms in total. The van der Waals surface area contributed by atoms with Gasteiger partial charge in [0.05, 0.1) is 24.0 Å². The van der Waals surface area contributed by atoms with Crippen molar-refractivity contribution in [1.29, 1.82) is 0 Å². The molecule has 0 radical (unpaired) electrons. The molecule has 4 aromatic rings. The number of pyridine rings is 1. The Labute approximate surface area is 241 Å². The Kier molecular flexibility index (Phi) is 7.76. The summed E-state index contributed by atoms with van der Waals surface area (Å²) < 4.78 is 28.5. The standard InChI is InChI=1S/C29H37N9O2S/c1-3-36-14-16-37(17-15-36)29-33-27(26-28(34-29)38(20-32-26)22-8-4-5-9-22)31-19-21-12-13-24(30-18-21)23-10-6-7-11-25(23)35-41(2,39)40/h6-7,10-13,18,20,22,35H,3-5,8-9,14-17,19H2,1-2H3,(H,31,33,34). The van der Waals surface area contributed by atoms with Crippen LogP contribution in [-0.2, 0) is 16.6 Å². The number of nitrogens with zero attached hydrogens (tertiary/aromatic N) is 7. The largest absolute Gasteiger partial charge is 0.364 e. The number of benzene rings is 1. The minimum absolute atomic E-state index is 0.435. The Balaban J connectivity index is 1.25. The summed E-state index contributed by atoms with van der Waals surface area (Å²) in [6, 6.07) is 11.6. The summed E-state index contributed by atoms with van der Waals surface area (Å²) in [7, 11) is -3.41. The van der Waals surface area contributed by atoms with Gasteiger partial charge in [-0.25, -0.2) is 13.4 Å². The maximum Gasteiger partial charge on any atom is 0.229 e. The lowest BCUT2D eigenvalue weighted by Crippen LogP contribution is -2.46. The Bertz CT molecular complexity index is 1610. The van der Waals surface area contributed by atoms with Gasteiger partial charge in [-0.1, -0.05) is 44.0 Å². The van der Waals surface area contributed by atoms with Crippen molar-refractivity contribution in [1.82, 2.24) is 29.4 Å². The van der Waals surface area contributed by atoms with Gasteiger partial charge in [-0.2, -0.15) is 9.97 Å². The van der Waals surface area contributed by atoms with Crippen molar-refractivity contribution in [2.45, 2.75) is 45.2 Å². The summed E-state index contributed by atoms with van der Waals surface area (Å²) in [5, 5.41) is 3.51. The van der Waals surface area contributed by atoms with Gasteiger partial charge in [0.1, 0.15) is 0 Å². The first kappa shape index (κ1) is 27.4. The lowest BCUT2D eigenvalue weighted by Gasteiger charge is -2.34. The summed E-state index contributed by atoms with van der Waals surface area (Å²) in [5.74, 6) is 1.48. The van der Waals surface area contributed by atoms with E-state index in [1.807, 2.05) is 30.6 Å². The summed E-state index contributed by atoms with van der Waals surface area (Å²) in [4.78, 5) is 24.1. The third-order valence-electron chi connectivity index (χ3n) is 8.01. The average Bonchev–Trinajstić information content (AvgIpc) is 3.66. The van der Waals surface area contributed by atoms with Crippen LogP contribution in [0.15, 0.2) is 48.9 Å². The number of fused-ring (bicyclic) bond motifs is 1. The topological polar surface area (TPSA) is 121 Å². The second-order valence-corrected chi connectivity index (χ2v) is 12.6. The zero-order valence-corrected chi connectivity index (χ0v) is 24.4. The van der Waals surface area contributed by atoms with E-state index in [0.717, 1.165) is 85.9 Å². The van der Waals surface area contributed by atoms with Crippen molar-refractivity contribution >= 4 is 38.6 Å². The van der Waals surface area contributed by atoms with Crippen LogP contribution >= 0.6 is 0 Å². The molecular weight excluding hydrogens is 538 g/mol. The van der Waals surface area contributed by atoms with E-state index >= 15 is 0 Å². The van der Waals surface area contributed by atoms with Crippen molar-refractivity contribution < 1.29 is 8.42 Å². The normalized spacial score (nSPS) is 16.9. The maximum absolute atomic E-state index is 11.8.